The van der Waals surface area contributed by atoms with Gasteiger partial charge in [0.2, 0.25) is 6.36 Å². The van der Waals surface area contributed by atoms with E-state index in [2.05, 4.69) is 4.52 Å². The van der Waals surface area contributed by atoms with Crippen LogP contribution >= 0.6 is 8.03 Å². The lowest BCUT2D eigenvalue weighted by Gasteiger charge is -2.42. The lowest BCUT2D eigenvalue weighted by Crippen LogP contribution is -2.74. The summed E-state index contributed by atoms with van der Waals surface area (Å²) in [6, 6.07) is 0. The van der Waals surface area contributed by atoms with E-state index >= 15 is 0 Å². The van der Waals surface area contributed by atoms with Crippen molar-refractivity contribution in [1.82, 2.24) is 0 Å². The quantitative estimate of drug-likeness (QED) is 0.198. The topological polar surface area (TPSA) is 26.3 Å². The predicted octanol–water partition coefficient (Wildman–Crippen LogP) is 7.19. The third-order valence-corrected chi connectivity index (χ3v) is 4.97. The van der Waals surface area contributed by atoms with Crippen molar-refractivity contribution in [3.8, 4) is 0 Å². The summed E-state index contributed by atoms with van der Waals surface area (Å²) in [7, 11) is -4.11. The molecule has 0 aromatic carbocycles. The average Bonchev–Trinajstić information content (AvgIpc) is 2.57. The van der Waals surface area contributed by atoms with Crippen molar-refractivity contribution in [3.63, 3.8) is 0 Å². The standard InChI is InChI=1S/C12H9F18O2P/c1-4(13)32-33(31)3-2-5(14,15)6(16,17)7(18,19)8(20,21)9(22,23)10(24,25)11(26,27)12(28,29)30/h4,33H,2-3H2,1H3. The fourth-order valence-electron chi connectivity index (χ4n) is 1.85. The highest BCUT2D eigenvalue weighted by atomic mass is 31.1. The summed E-state index contributed by atoms with van der Waals surface area (Å²) in [5.74, 6) is -57.1. The Bertz CT molecular complexity index is 712. The van der Waals surface area contributed by atoms with Crippen LogP contribution in [0, 0.1) is 0 Å². The molecule has 0 aromatic heterocycles. The molecule has 2 unspecified atom stereocenters. The van der Waals surface area contributed by atoms with Crippen LogP contribution in [-0.2, 0) is 9.09 Å². The van der Waals surface area contributed by atoms with Gasteiger partial charge in [-0.3, -0.25) is 9.09 Å². The van der Waals surface area contributed by atoms with Crippen molar-refractivity contribution >= 4 is 8.03 Å². The Hall–Kier alpha value is -1.07. The molecular formula is C12H9F18O2P. The van der Waals surface area contributed by atoms with E-state index in [0.717, 1.165) is 0 Å². The van der Waals surface area contributed by atoms with Gasteiger partial charge in [-0.15, -0.1) is 0 Å². The number of hydrogen-bond acceptors (Lipinski definition) is 2. The van der Waals surface area contributed by atoms with Gasteiger partial charge in [0.1, 0.15) is 0 Å². The molecule has 0 saturated heterocycles. The predicted molar refractivity (Wildman–Crippen MR) is 70.8 cm³/mol. The van der Waals surface area contributed by atoms with Crippen LogP contribution in [0.3, 0.4) is 0 Å². The van der Waals surface area contributed by atoms with Crippen molar-refractivity contribution in [2.75, 3.05) is 6.16 Å². The van der Waals surface area contributed by atoms with Crippen molar-refractivity contribution < 1.29 is 88.1 Å². The van der Waals surface area contributed by atoms with Gasteiger partial charge in [-0.1, -0.05) is 0 Å². The summed E-state index contributed by atoms with van der Waals surface area (Å²) < 4.78 is 248. The van der Waals surface area contributed by atoms with Crippen LogP contribution in [0.2, 0.25) is 0 Å². The van der Waals surface area contributed by atoms with Gasteiger partial charge in [-0.2, -0.15) is 74.6 Å². The fourth-order valence-corrected chi connectivity index (χ4v) is 2.85. The van der Waals surface area contributed by atoms with Gasteiger partial charge in [0, 0.05) is 12.6 Å². The van der Waals surface area contributed by atoms with E-state index in [4.69, 9.17) is 0 Å². The number of hydrogen-bond donors (Lipinski definition) is 0. The molecular weight excluding hydrogens is 549 g/mol. The monoisotopic (exact) mass is 558 g/mol. The van der Waals surface area contributed by atoms with Crippen molar-refractivity contribution in [2.45, 2.75) is 67.3 Å². The minimum absolute atomic E-state index is 0.447. The third-order valence-electron chi connectivity index (χ3n) is 3.72. The summed E-state index contributed by atoms with van der Waals surface area (Å²) in [5.41, 5.74) is 0. The molecule has 0 bridgehead atoms. The first-order valence-electron chi connectivity index (χ1n) is 7.61. The molecule has 0 radical (unpaired) electrons. The molecule has 0 aromatic rings. The van der Waals surface area contributed by atoms with Crippen LogP contribution in [0.4, 0.5) is 79.0 Å². The Morgan fingerprint density at radius 3 is 1.21 bits per heavy atom. The first-order valence-corrected chi connectivity index (χ1v) is 9.13. The smallest absolute Gasteiger partial charge is 0.296 e. The largest absolute Gasteiger partial charge is 0.460 e. The molecule has 21 heteroatoms. The van der Waals surface area contributed by atoms with Gasteiger partial charge >= 0.3 is 47.6 Å². The molecule has 0 spiro atoms. The van der Waals surface area contributed by atoms with Gasteiger partial charge in [-0.25, -0.2) is 4.39 Å². The van der Waals surface area contributed by atoms with Gasteiger partial charge in [-0.05, 0) is 6.92 Å². The summed E-state index contributed by atoms with van der Waals surface area (Å²) in [4.78, 5) is 0. The zero-order valence-corrected chi connectivity index (χ0v) is 16.1. The lowest BCUT2D eigenvalue weighted by atomic mass is 9.88. The van der Waals surface area contributed by atoms with Crippen molar-refractivity contribution in [1.29, 1.82) is 0 Å². The second-order valence-corrected chi connectivity index (χ2v) is 7.66. The second-order valence-electron chi connectivity index (χ2n) is 6.18. The first-order chi connectivity index (χ1) is 14.1. The molecule has 0 aliphatic heterocycles. The minimum Gasteiger partial charge on any atom is -0.296 e. The van der Waals surface area contributed by atoms with Gasteiger partial charge < -0.3 is 0 Å². The van der Waals surface area contributed by atoms with E-state index in [0.29, 0.717) is 6.92 Å². The molecule has 0 aliphatic carbocycles. The second kappa shape index (κ2) is 8.86. The maximum atomic E-state index is 13.5. The van der Waals surface area contributed by atoms with Crippen LogP contribution in [0.1, 0.15) is 13.3 Å². The number of halogens is 18. The van der Waals surface area contributed by atoms with Crippen molar-refractivity contribution in [2.24, 2.45) is 0 Å². The molecule has 33 heavy (non-hydrogen) atoms. The number of rotatable bonds is 11. The Morgan fingerprint density at radius 1 is 0.606 bits per heavy atom. The van der Waals surface area contributed by atoms with Gasteiger partial charge in [0.25, 0.3) is 0 Å². The lowest BCUT2D eigenvalue weighted by molar-refractivity contribution is -0.461. The Kier molecular flexibility index (Phi) is 8.57. The van der Waals surface area contributed by atoms with Gasteiger partial charge in [0.15, 0.2) is 8.03 Å². The van der Waals surface area contributed by atoms with Crippen LogP contribution in [-0.4, -0.2) is 60.2 Å². The maximum absolute atomic E-state index is 13.5. The average molecular weight is 558 g/mol. The maximum Gasteiger partial charge on any atom is 0.460 e. The summed E-state index contributed by atoms with van der Waals surface area (Å²) in [5, 5.41) is 0. The Labute approximate surface area is 171 Å². The van der Waals surface area contributed by atoms with Crippen LogP contribution in [0.15, 0.2) is 0 Å². The minimum atomic E-state index is -8.71. The van der Waals surface area contributed by atoms with Crippen LogP contribution in [0.25, 0.3) is 0 Å². The highest BCUT2D eigenvalue weighted by Crippen LogP contribution is 2.64. The Morgan fingerprint density at radius 2 is 0.909 bits per heavy atom. The van der Waals surface area contributed by atoms with E-state index in [-0.39, 0.29) is 0 Å². The first kappa shape index (κ1) is 31.9. The Balaban J connectivity index is 6.39. The number of alkyl halides is 18. The summed E-state index contributed by atoms with van der Waals surface area (Å²) in [6.07, 6.45) is -15.3. The molecule has 0 fully saturated rings. The molecule has 0 N–H and O–H groups in total. The SMILES string of the molecule is CC(F)O[PH](=O)CCC(F)(F)C(F)(F)C(F)(F)C(F)(F)C(F)(F)C(F)(F)C(F)(F)C(F)(F)F. The highest BCUT2D eigenvalue weighted by Gasteiger charge is 2.95. The molecule has 200 valence electrons. The molecule has 0 heterocycles. The summed E-state index contributed by atoms with van der Waals surface area (Å²) >= 11 is 0. The fraction of sp³-hybridized carbons (Fsp3) is 1.00. The van der Waals surface area contributed by atoms with Crippen LogP contribution < -0.4 is 0 Å². The van der Waals surface area contributed by atoms with Crippen molar-refractivity contribution in [3.05, 3.63) is 0 Å². The third kappa shape index (κ3) is 5.00. The zero-order valence-electron chi connectivity index (χ0n) is 15.1. The van der Waals surface area contributed by atoms with E-state index in [1.54, 1.807) is 0 Å². The highest BCUT2D eigenvalue weighted by molar-refractivity contribution is 7.39. The molecule has 2 nitrogen and oxygen atoms in total. The molecule has 0 saturated carbocycles. The molecule has 0 amide bonds. The normalized spacial score (nSPS) is 17.8. The molecule has 0 aliphatic rings. The van der Waals surface area contributed by atoms with E-state index in [9.17, 15) is 83.6 Å². The van der Waals surface area contributed by atoms with Crippen LogP contribution in [0.5, 0.6) is 0 Å². The molecule has 2 atom stereocenters. The van der Waals surface area contributed by atoms with Gasteiger partial charge in [0.05, 0.1) is 0 Å². The summed E-state index contributed by atoms with van der Waals surface area (Å²) in [6.45, 7) is 0.447. The molecule has 0 rings (SSSR count). The van der Waals surface area contributed by atoms with E-state index < -0.39 is 74.6 Å². The zero-order chi connectivity index (χ0) is 27.3. The van der Waals surface area contributed by atoms with E-state index in [1.807, 2.05) is 0 Å². The van der Waals surface area contributed by atoms with E-state index in [1.165, 1.54) is 0 Å².